The van der Waals surface area contributed by atoms with Crippen LogP contribution in [-0.4, -0.2) is 32.4 Å². The zero-order valence-corrected chi connectivity index (χ0v) is 14.1. The summed E-state index contributed by atoms with van der Waals surface area (Å²) in [7, 11) is 0. The maximum atomic E-state index is 12.7. The van der Waals surface area contributed by atoms with E-state index in [1.807, 2.05) is 28.5 Å². The van der Waals surface area contributed by atoms with Crippen LogP contribution in [0.25, 0.3) is 10.7 Å². The largest absolute Gasteiger partial charge is 0.335 e. The summed E-state index contributed by atoms with van der Waals surface area (Å²) in [5, 5.41) is 2.84. The van der Waals surface area contributed by atoms with Gasteiger partial charge in [-0.05, 0) is 45.7 Å². The molecule has 1 amide bonds. The predicted octanol–water partition coefficient (Wildman–Crippen LogP) is 3.54. The van der Waals surface area contributed by atoms with Gasteiger partial charge in [0.15, 0.2) is 0 Å². The number of hydrogen-bond donors (Lipinski definition) is 0. The maximum absolute atomic E-state index is 12.7. The number of thiazole rings is 1. The fraction of sp³-hybridized carbons (Fsp3) is 0.471. The average Bonchev–Trinajstić information content (AvgIpc) is 3.04. The third-order valence-corrected chi connectivity index (χ3v) is 5.22. The molecule has 1 saturated heterocycles. The summed E-state index contributed by atoms with van der Waals surface area (Å²) in [4.78, 5) is 23.6. The first-order valence-corrected chi connectivity index (χ1v) is 8.53. The lowest BCUT2D eigenvalue weighted by Crippen LogP contribution is -2.46. The van der Waals surface area contributed by atoms with Crippen LogP contribution in [0.15, 0.2) is 29.8 Å². The molecule has 0 spiro atoms. The summed E-state index contributed by atoms with van der Waals surface area (Å²) in [5.74, 6) is 0.174. The zero-order chi connectivity index (χ0) is 15.7. The van der Waals surface area contributed by atoms with Crippen molar-refractivity contribution in [3.63, 3.8) is 0 Å². The first-order chi connectivity index (χ1) is 10.5. The minimum Gasteiger partial charge on any atom is -0.335 e. The van der Waals surface area contributed by atoms with E-state index in [9.17, 15) is 4.79 Å². The molecule has 2 aromatic rings. The molecule has 2 aromatic heterocycles. The molecule has 0 unspecified atom stereocenters. The number of amides is 1. The zero-order valence-electron chi connectivity index (χ0n) is 13.2. The Labute approximate surface area is 135 Å². The molecule has 0 bridgehead atoms. The van der Waals surface area contributed by atoms with Crippen LogP contribution in [0, 0.1) is 0 Å². The highest BCUT2D eigenvalue weighted by Gasteiger charge is 2.40. The van der Waals surface area contributed by atoms with Crippen molar-refractivity contribution in [2.75, 3.05) is 0 Å². The van der Waals surface area contributed by atoms with Crippen LogP contribution in [0.3, 0.4) is 0 Å². The number of carbonyl (C=O) groups excluding carboxylic acids is 1. The Morgan fingerprint density at radius 2 is 2.27 bits per heavy atom. The van der Waals surface area contributed by atoms with E-state index in [2.05, 4.69) is 30.7 Å². The van der Waals surface area contributed by atoms with Gasteiger partial charge in [-0.2, -0.15) is 0 Å². The van der Waals surface area contributed by atoms with E-state index in [0.29, 0.717) is 12.5 Å². The van der Waals surface area contributed by atoms with Gasteiger partial charge in [0.25, 0.3) is 0 Å². The summed E-state index contributed by atoms with van der Waals surface area (Å²) in [5.41, 5.74) is 1.66. The number of hydrogen-bond acceptors (Lipinski definition) is 4. The average molecular weight is 315 g/mol. The van der Waals surface area contributed by atoms with Gasteiger partial charge >= 0.3 is 0 Å². The van der Waals surface area contributed by atoms with Gasteiger partial charge < -0.3 is 4.90 Å². The number of carbonyl (C=O) groups is 1. The van der Waals surface area contributed by atoms with Crippen LogP contribution in [0.4, 0.5) is 0 Å². The third-order valence-electron chi connectivity index (χ3n) is 4.30. The molecule has 116 valence electrons. The van der Waals surface area contributed by atoms with Crippen LogP contribution < -0.4 is 0 Å². The molecular formula is C17H21N3OS. The quantitative estimate of drug-likeness (QED) is 0.870. The highest BCUT2D eigenvalue weighted by molar-refractivity contribution is 7.13. The van der Waals surface area contributed by atoms with E-state index >= 15 is 0 Å². The number of likely N-dealkylation sites (tertiary alicyclic amines) is 1. The highest BCUT2D eigenvalue weighted by atomic mass is 32.1. The molecule has 0 aliphatic carbocycles. The molecule has 22 heavy (non-hydrogen) atoms. The van der Waals surface area contributed by atoms with Crippen molar-refractivity contribution in [1.82, 2.24) is 14.9 Å². The molecule has 1 aliphatic heterocycles. The van der Waals surface area contributed by atoms with Gasteiger partial charge in [-0.1, -0.05) is 6.07 Å². The summed E-state index contributed by atoms with van der Waals surface area (Å²) in [6.45, 7) is 6.43. The predicted molar refractivity (Wildman–Crippen MR) is 88.7 cm³/mol. The van der Waals surface area contributed by atoms with Gasteiger partial charge in [-0.3, -0.25) is 9.78 Å². The maximum Gasteiger partial charge on any atom is 0.229 e. The van der Waals surface area contributed by atoms with Gasteiger partial charge in [0.2, 0.25) is 5.91 Å². The van der Waals surface area contributed by atoms with Gasteiger partial charge in [-0.15, -0.1) is 11.3 Å². The second kappa shape index (κ2) is 5.80. The van der Waals surface area contributed by atoms with Crippen molar-refractivity contribution in [1.29, 1.82) is 0 Å². The van der Waals surface area contributed by atoms with Crippen molar-refractivity contribution in [2.45, 2.75) is 51.6 Å². The van der Waals surface area contributed by atoms with Crippen LogP contribution in [0.5, 0.6) is 0 Å². The monoisotopic (exact) mass is 315 g/mol. The van der Waals surface area contributed by atoms with Crippen LogP contribution in [0.2, 0.25) is 0 Å². The fourth-order valence-corrected chi connectivity index (χ4v) is 4.02. The van der Waals surface area contributed by atoms with Crippen LogP contribution >= 0.6 is 11.3 Å². The minimum absolute atomic E-state index is 0.0453. The molecule has 0 aromatic carbocycles. The van der Waals surface area contributed by atoms with Gasteiger partial charge in [0.1, 0.15) is 5.01 Å². The smallest absolute Gasteiger partial charge is 0.229 e. The van der Waals surface area contributed by atoms with Gasteiger partial charge in [0, 0.05) is 23.2 Å². The Morgan fingerprint density at radius 1 is 1.45 bits per heavy atom. The molecule has 4 nitrogen and oxygen atoms in total. The summed E-state index contributed by atoms with van der Waals surface area (Å²) >= 11 is 1.54. The van der Waals surface area contributed by atoms with Crippen molar-refractivity contribution in [3.8, 4) is 10.7 Å². The summed E-state index contributed by atoms with van der Waals surface area (Å²) < 4.78 is 0. The normalized spacial score (nSPS) is 20.3. The first-order valence-electron chi connectivity index (χ1n) is 7.65. The SMILES string of the molecule is C[C@H]1CCC(C)(C)N1C(=O)Cc1csc(-c2ccccn2)n1. The molecular weight excluding hydrogens is 294 g/mol. The van der Waals surface area contributed by atoms with E-state index < -0.39 is 0 Å². The number of aromatic nitrogens is 2. The second-order valence-corrected chi connectivity index (χ2v) is 7.36. The molecule has 3 rings (SSSR count). The molecule has 1 fully saturated rings. The molecule has 0 radical (unpaired) electrons. The Kier molecular flexibility index (Phi) is 4.00. The Bertz CT molecular complexity index is 666. The van der Waals surface area contributed by atoms with E-state index in [0.717, 1.165) is 29.2 Å². The van der Waals surface area contributed by atoms with Crippen molar-refractivity contribution in [3.05, 3.63) is 35.5 Å². The topological polar surface area (TPSA) is 46.1 Å². The van der Waals surface area contributed by atoms with E-state index in [1.54, 1.807) is 17.5 Å². The Hall–Kier alpha value is -1.75. The summed E-state index contributed by atoms with van der Waals surface area (Å²) in [6.07, 6.45) is 4.28. The molecule has 3 heterocycles. The van der Waals surface area contributed by atoms with E-state index in [1.165, 1.54) is 0 Å². The van der Waals surface area contributed by atoms with Gasteiger partial charge in [0.05, 0.1) is 17.8 Å². The van der Waals surface area contributed by atoms with E-state index in [-0.39, 0.29) is 11.4 Å². The standard InChI is InChI=1S/C17H21N3OS/c1-12-7-8-17(2,3)20(12)15(21)10-13-11-22-16(19-13)14-6-4-5-9-18-14/h4-6,9,11-12H,7-8,10H2,1-3H3/t12-/m0/s1. The van der Waals surface area contributed by atoms with Gasteiger partial charge in [-0.25, -0.2) is 4.98 Å². The van der Waals surface area contributed by atoms with Crippen molar-refractivity contribution in [2.24, 2.45) is 0 Å². The van der Waals surface area contributed by atoms with E-state index in [4.69, 9.17) is 0 Å². The van der Waals surface area contributed by atoms with Crippen molar-refractivity contribution >= 4 is 17.2 Å². The number of rotatable bonds is 3. The minimum atomic E-state index is -0.0453. The molecule has 1 atom stereocenters. The van der Waals surface area contributed by atoms with Crippen LogP contribution in [0.1, 0.15) is 39.3 Å². The molecule has 0 saturated carbocycles. The molecule has 1 aliphatic rings. The molecule has 0 N–H and O–H groups in total. The lowest BCUT2D eigenvalue weighted by Gasteiger charge is -2.34. The summed E-state index contributed by atoms with van der Waals surface area (Å²) in [6, 6.07) is 6.09. The second-order valence-electron chi connectivity index (χ2n) is 6.50. The Balaban J connectivity index is 1.74. The lowest BCUT2D eigenvalue weighted by molar-refractivity contribution is -0.135. The Morgan fingerprint density at radius 3 is 2.91 bits per heavy atom. The molecule has 5 heteroatoms. The lowest BCUT2D eigenvalue weighted by atomic mass is 10.0. The highest BCUT2D eigenvalue weighted by Crippen LogP contribution is 2.34. The van der Waals surface area contributed by atoms with Crippen LogP contribution in [-0.2, 0) is 11.2 Å². The number of pyridine rings is 1. The van der Waals surface area contributed by atoms with Crippen molar-refractivity contribution < 1.29 is 4.79 Å². The third kappa shape index (κ3) is 2.90. The fourth-order valence-electron chi connectivity index (χ4n) is 3.23. The number of nitrogens with zero attached hydrogens (tertiary/aromatic N) is 3. The first kappa shape index (κ1) is 15.2.